The highest BCUT2D eigenvalue weighted by atomic mass is 19.4. The summed E-state index contributed by atoms with van der Waals surface area (Å²) in [5, 5.41) is 3.50. The van der Waals surface area contributed by atoms with Gasteiger partial charge in [0.05, 0.1) is 11.1 Å². The molecule has 1 aliphatic rings. The lowest BCUT2D eigenvalue weighted by Crippen LogP contribution is -2.23. The molecule has 1 aliphatic heterocycles. The predicted octanol–water partition coefficient (Wildman–Crippen LogP) is 8.44. The molecule has 260 valence electrons. The summed E-state index contributed by atoms with van der Waals surface area (Å²) in [5.74, 6) is -1.95. The summed E-state index contributed by atoms with van der Waals surface area (Å²) in [5.41, 5.74) is 4.21. The number of halogens is 5. The van der Waals surface area contributed by atoms with E-state index in [9.17, 15) is 31.5 Å². The number of likely N-dealkylation sites (tertiary alicyclic amines) is 1. The third-order valence-electron chi connectivity index (χ3n) is 9.32. The highest BCUT2D eigenvalue weighted by Crippen LogP contribution is 2.31. The van der Waals surface area contributed by atoms with Crippen LogP contribution in [0.2, 0.25) is 0 Å². The van der Waals surface area contributed by atoms with Crippen LogP contribution >= 0.6 is 0 Å². The van der Waals surface area contributed by atoms with Crippen LogP contribution in [0.3, 0.4) is 0 Å². The molecule has 50 heavy (non-hydrogen) atoms. The Morgan fingerprint density at radius 3 is 2.18 bits per heavy atom. The van der Waals surface area contributed by atoms with Gasteiger partial charge in [-0.05, 0) is 103 Å². The van der Waals surface area contributed by atoms with E-state index >= 15 is 0 Å². The average molecular weight is 688 g/mol. The maximum absolute atomic E-state index is 14.5. The van der Waals surface area contributed by atoms with Gasteiger partial charge in [-0.25, -0.2) is 8.78 Å². The molecule has 10 heteroatoms. The minimum Gasteiger partial charge on any atom is -0.352 e. The first kappa shape index (κ1) is 35.0. The zero-order valence-electron chi connectivity index (χ0n) is 27.5. The number of aryl methyl sites for hydroxylation is 3. The zero-order chi connectivity index (χ0) is 35.3. The minimum absolute atomic E-state index is 0.138. The Hall–Kier alpha value is -4.83. The largest absolute Gasteiger partial charge is 0.416 e. The van der Waals surface area contributed by atoms with Crippen molar-refractivity contribution < 1.29 is 26.7 Å². The SMILES string of the molecule is O=C(CCCn1c(CCc2cccc(F)c2F)cc(=O)c2ccc(CN3CCCC3)cc21)NCc1ccc(-c2ccc(C(F)(F)F)cc2)cc1. The van der Waals surface area contributed by atoms with Crippen LogP contribution < -0.4 is 10.7 Å². The van der Waals surface area contributed by atoms with Gasteiger partial charge in [-0.15, -0.1) is 0 Å². The number of hydrogen-bond acceptors (Lipinski definition) is 3. The van der Waals surface area contributed by atoms with Crippen molar-refractivity contribution in [1.82, 2.24) is 14.8 Å². The Kier molecular flexibility index (Phi) is 10.8. The molecule has 0 bridgehead atoms. The van der Waals surface area contributed by atoms with Gasteiger partial charge >= 0.3 is 6.18 Å². The highest BCUT2D eigenvalue weighted by Gasteiger charge is 2.30. The van der Waals surface area contributed by atoms with Crippen LogP contribution in [0, 0.1) is 11.6 Å². The molecule has 1 saturated heterocycles. The Bertz CT molecular complexity index is 2020. The second kappa shape index (κ2) is 15.4. The van der Waals surface area contributed by atoms with Gasteiger partial charge in [0.15, 0.2) is 17.1 Å². The fourth-order valence-corrected chi connectivity index (χ4v) is 6.60. The van der Waals surface area contributed by atoms with Crippen molar-refractivity contribution in [3.63, 3.8) is 0 Å². The number of alkyl halides is 3. The zero-order valence-corrected chi connectivity index (χ0v) is 27.5. The van der Waals surface area contributed by atoms with Gasteiger partial charge in [0.25, 0.3) is 0 Å². The van der Waals surface area contributed by atoms with Crippen molar-refractivity contribution >= 4 is 16.8 Å². The number of carbonyl (C=O) groups is 1. The predicted molar refractivity (Wildman–Crippen MR) is 184 cm³/mol. The molecule has 4 aromatic carbocycles. The number of amides is 1. The summed E-state index contributed by atoms with van der Waals surface area (Å²) in [6.45, 7) is 3.57. The first-order valence-corrected chi connectivity index (χ1v) is 16.9. The Labute approximate surface area is 287 Å². The van der Waals surface area contributed by atoms with Crippen LogP contribution in [0.4, 0.5) is 22.0 Å². The van der Waals surface area contributed by atoms with Crippen molar-refractivity contribution in [2.75, 3.05) is 13.1 Å². The lowest BCUT2D eigenvalue weighted by molar-refractivity contribution is -0.137. The second-order valence-corrected chi connectivity index (χ2v) is 12.9. The van der Waals surface area contributed by atoms with Gasteiger partial charge in [0, 0.05) is 43.2 Å². The number of rotatable bonds is 12. The molecule has 5 nitrogen and oxygen atoms in total. The Balaban J connectivity index is 1.13. The summed E-state index contributed by atoms with van der Waals surface area (Å²) >= 11 is 0. The van der Waals surface area contributed by atoms with Crippen molar-refractivity contribution in [1.29, 1.82) is 0 Å². The van der Waals surface area contributed by atoms with E-state index in [2.05, 4.69) is 10.2 Å². The van der Waals surface area contributed by atoms with Crippen LogP contribution in [0.1, 0.15) is 53.6 Å². The average Bonchev–Trinajstić information content (AvgIpc) is 3.62. The number of hydrogen-bond donors (Lipinski definition) is 1. The monoisotopic (exact) mass is 687 g/mol. The van der Waals surface area contributed by atoms with Gasteiger partial charge in [0.2, 0.25) is 5.91 Å². The molecule has 0 unspecified atom stereocenters. The fourth-order valence-electron chi connectivity index (χ4n) is 6.60. The number of carbonyl (C=O) groups excluding carboxylic acids is 1. The van der Waals surface area contributed by atoms with Crippen LogP contribution in [-0.4, -0.2) is 28.5 Å². The molecule has 1 amide bonds. The van der Waals surface area contributed by atoms with E-state index in [1.807, 2.05) is 34.9 Å². The summed E-state index contributed by atoms with van der Waals surface area (Å²) < 4.78 is 69.1. The van der Waals surface area contributed by atoms with E-state index in [-0.39, 0.29) is 36.3 Å². The first-order chi connectivity index (χ1) is 24.0. The molecule has 6 rings (SSSR count). The molecule has 0 spiro atoms. The van der Waals surface area contributed by atoms with Crippen LogP contribution in [0.15, 0.2) is 95.8 Å². The van der Waals surface area contributed by atoms with E-state index in [1.54, 1.807) is 24.3 Å². The Morgan fingerprint density at radius 1 is 0.800 bits per heavy atom. The highest BCUT2D eigenvalue weighted by molar-refractivity contribution is 5.80. The summed E-state index contributed by atoms with van der Waals surface area (Å²) in [7, 11) is 0. The number of nitrogens with one attached hydrogen (secondary N) is 1. The third-order valence-corrected chi connectivity index (χ3v) is 9.32. The van der Waals surface area contributed by atoms with Gasteiger partial charge in [-0.1, -0.05) is 54.6 Å². The molecule has 5 aromatic rings. The molecular weight excluding hydrogens is 649 g/mol. The molecule has 2 heterocycles. The molecule has 1 fully saturated rings. The van der Waals surface area contributed by atoms with E-state index in [0.29, 0.717) is 36.0 Å². The van der Waals surface area contributed by atoms with Crippen molar-refractivity contribution in [3.8, 4) is 11.1 Å². The number of fused-ring (bicyclic) bond motifs is 1. The van der Waals surface area contributed by atoms with Crippen LogP contribution in [0.25, 0.3) is 22.0 Å². The van der Waals surface area contributed by atoms with Crippen molar-refractivity contribution in [2.24, 2.45) is 0 Å². The molecular formula is C40H38F5N3O2. The fraction of sp³-hybridized carbons (Fsp3) is 0.300. The van der Waals surface area contributed by atoms with Gasteiger partial charge in [-0.2, -0.15) is 13.2 Å². The van der Waals surface area contributed by atoms with Crippen molar-refractivity contribution in [3.05, 3.63) is 141 Å². The topological polar surface area (TPSA) is 54.3 Å². The summed E-state index contributed by atoms with van der Waals surface area (Å²) in [6, 6.07) is 23.8. The Morgan fingerprint density at radius 2 is 1.48 bits per heavy atom. The second-order valence-electron chi connectivity index (χ2n) is 12.9. The maximum atomic E-state index is 14.5. The molecule has 0 radical (unpaired) electrons. The quantitative estimate of drug-likeness (QED) is 0.134. The lowest BCUT2D eigenvalue weighted by atomic mass is 10.0. The standard InChI is InChI=1S/C40H38F5N3O2/c41-35-6-3-5-31(39(35)42)15-18-33-24-37(49)34-19-10-28(26-47-20-1-2-21-47)23-36(34)48(33)22-4-7-38(50)46-25-27-8-11-29(12-9-27)30-13-16-32(17-14-30)40(43,44)45/h3,5-6,8-14,16-17,19,23-24H,1-2,4,7,15,18,20-22,25-26H2,(H,46,50). The van der Waals surface area contributed by atoms with Crippen LogP contribution in [-0.2, 0) is 43.4 Å². The molecule has 1 N–H and O–H groups in total. The normalized spacial score (nSPS) is 13.6. The maximum Gasteiger partial charge on any atom is 0.416 e. The molecule has 0 aliphatic carbocycles. The smallest absolute Gasteiger partial charge is 0.352 e. The summed E-state index contributed by atoms with van der Waals surface area (Å²) in [6.07, 6.45) is -0.837. The molecule has 0 saturated carbocycles. The number of nitrogens with zero attached hydrogens (tertiary/aromatic N) is 2. The van der Waals surface area contributed by atoms with Crippen molar-refractivity contribution in [2.45, 2.75) is 64.3 Å². The molecule has 1 aromatic heterocycles. The number of pyridine rings is 1. The van der Waals surface area contributed by atoms with Crippen LogP contribution in [0.5, 0.6) is 0 Å². The molecule has 0 atom stereocenters. The van der Waals surface area contributed by atoms with E-state index in [0.717, 1.165) is 72.9 Å². The van der Waals surface area contributed by atoms with Gasteiger partial charge in [-0.3, -0.25) is 14.5 Å². The summed E-state index contributed by atoms with van der Waals surface area (Å²) in [4.78, 5) is 28.5. The number of aromatic nitrogens is 1. The lowest BCUT2D eigenvalue weighted by Gasteiger charge is -2.19. The minimum atomic E-state index is -4.39. The van der Waals surface area contributed by atoms with E-state index < -0.39 is 23.4 Å². The van der Waals surface area contributed by atoms with E-state index in [1.165, 1.54) is 18.2 Å². The van der Waals surface area contributed by atoms with Gasteiger partial charge in [0.1, 0.15) is 0 Å². The van der Waals surface area contributed by atoms with Gasteiger partial charge < -0.3 is 9.88 Å². The van der Waals surface area contributed by atoms with E-state index in [4.69, 9.17) is 0 Å². The first-order valence-electron chi connectivity index (χ1n) is 16.9. The third kappa shape index (κ3) is 8.48. The number of benzene rings is 4.